The van der Waals surface area contributed by atoms with Crippen molar-refractivity contribution in [3.05, 3.63) is 42.1 Å². The molecular formula is C14H21N3O2. The average Bonchev–Trinajstić information content (AvgIpc) is 3.08. The largest absolute Gasteiger partial charge is 0.467 e. The van der Waals surface area contributed by atoms with Gasteiger partial charge < -0.3 is 14.5 Å². The van der Waals surface area contributed by atoms with Gasteiger partial charge in [0.2, 0.25) is 0 Å². The van der Waals surface area contributed by atoms with Crippen molar-refractivity contribution in [2.75, 3.05) is 13.2 Å². The van der Waals surface area contributed by atoms with Crippen LogP contribution in [0.2, 0.25) is 0 Å². The molecule has 2 aromatic heterocycles. The van der Waals surface area contributed by atoms with E-state index < -0.39 is 0 Å². The zero-order chi connectivity index (χ0) is 13.3. The molecule has 19 heavy (non-hydrogen) atoms. The van der Waals surface area contributed by atoms with Crippen LogP contribution in [0.15, 0.2) is 35.1 Å². The Kier molecular flexibility index (Phi) is 5.65. The van der Waals surface area contributed by atoms with Crippen molar-refractivity contribution in [2.24, 2.45) is 0 Å². The normalized spacial score (nSPS) is 11.0. The second-order valence-corrected chi connectivity index (χ2v) is 4.30. The van der Waals surface area contributed by atoms with Crippen LogP contribution >= 0.6 is 0 Å². The molecule has 0 bridgehead atoms. The monoisotopic (exact) mass is 263 g/mol. The van der Waals surface area contributed by atoms with E-state index in [0.717, 1.165) is 38.4 Å². The summed E-state index contributed by atoms with van der Waals surface area (Å²) in [4.78, 5) is 0. The van der Waals surface area contributed by atoms with E-state index in [0.29, 0.717) is 6.61 Å². The third-order valence-corrected chi connectivity index (χ3v) is 2.88. The molecule has 5 heteroatoms. The molecule has 0 aromatic carbocycles. The fourth-order valence-electron chi connectivity index (χ4n) is 1.88. The van der Waals surface area contributed by atoms with E-state index >= 15 is 0 Å². The minimum atomic E-state index is 0.551. The number of hydrogen-bond donors (Lipinski definition) is 1. The summed E-state index contributed by atoms with van der Waals surface area (Å²) >= 11 is 0. The van der Waals surface area contributed by atoms with Gasteiger partial charge in [-0.2, -0.15) is 5.10 Å². The summed E-state index contributed by atoms with van der Waals surface area (Å²) in [5, 5.41) is 7.62. The minimum Gasteiger partial charge on any atom is -0.467 e. The molecule has 1 N–H and O–H groups in total. The van der Waals surface area contributed by atoms with Gasteiger partial charge in [0.15, 0.2) is 0 Å². The molecule has 0 amide bonds. The molecule has 0 saturated heterocycles. The van der Waals surface area contributed by atoms with E-state index in [-0.39, 0.29) is 0 Å². The van der Waals surface area contributed by atoms with Gasteiger partial charge in [-0.3, -0.25) is 4.68 Å². The van der Waals surface area contributed by atoms with Crippen LogP contribution in [0, 0.1) is 0 Å². The highest BCUT2D eigenvalue weighted by Gasteiger charge is 1.99. The Balaban J connectivity index is 1.50. The lowest BCUT2D eigenvalue weighted by Crippen LogP contribution is -2.18. The van der Waals surface area contributed by atoms with Crippen molar-refractivity contribution in [1.29, 1.82) is 0 Å². The molecule has 0 atom stereocenters. The van der Waals surface area contributed by atoms with Gasteiger partial charge in [0, 0.05) is 25.9 Å². The molecule has 5 nitrogen and oxygen atoms in total. The third kappa shape index (κ3) is 4.54. The number of aromatic nitrogens is 2. The Morgan fingerprint density at radius 2 is 2.37 bits per heavy atom. The number of aryl methyl sites for hydroxylation is 1. The Bertz CT molecular complexity index is 451. The van der Waals surface area contributed by atoms with Crippen molar-refractivity contribution in [3.8, 4) is 0 Å². The van der Waals surface area contributed by atoms with Crippen molar-refractivity contribution < 1.29 is 9.15 Å². The Morgan fingerprint density at radius 1 is 1.42 bits per heavy atom. The predicted octanol–water partition coefficient (Wildman–Crippen LogP) is 2.19. The number of furan rings is 1. The van der Waals surface area contributed by atoms with Crippen molar-refractivity contribution >= 4 is 0 Å². The Hall–Kier alpha value is -1.59. The highest BCUT2D eigenvalue weighted by atomic mass is 16.5. The van der Waals surface area contributed by atoms with Gasteiger partial charge in [0.05, 0.1) is 12.0 Å². The number of nitrogens with one attached hydrogen (secondary N) is 1. The molecule has 2 rings (SSSR count). The average molecular weight is 263 g/mol. The van der Waals surface area contributed by atoms with E-state index in [1.165, 1.54) is 5.69 Å². The van der Waals surface area contributed by atoms with Crippen LogP contribution < -0.4 is 5.32 Å². The molecule has 2 aromatic rings. The van der Waals surface area contributed by atoms with Crippen LogP contribution in [0.3, 0.4) is 0 Å². The number of rotatable bonds is 9. The quantitative estimate of drug-likeness (QED) is 0.705. The predicted molar refractivity (Wildman–Crippen MR) is 72.6 cm³/mol. The number of hydrogen-bond acceptors (Lipinski definition) is 4. The van der Waals surface area contributed by atoms with Crippen molar-refractivity contribution in [2.45, 2.75) is 33.0 Å². The molecule has 0 aliphatic rings. The molecule has 0 radical (unpaired) electrons. The second kappa shape index (κ2) is 7.76. The fraction of sp³-hybridized carbons (Fsp3) is 0.500. The van der Waals surface area contributed by atoms with Gasteiger partial charge in [-0.1, -0.05) is 0 Å². The first-order valence-corrected chi connectivity index (χ1v) is 6.71. The molecule has 104 valence electrons. The number of nitrogens with zero attached hydrogens (tertiary/aromatic N) is 2. The van der Waals surface area contributed by atoms with E-state index in [1.54, 1.807) is 6.26 Å². The maximum absolute atomic E-state index is 5.51. The topological polar surface area (TPSA) is 52.2 Å². The maximum atomic E-state index is 5.51. The minimum absolute atomic E-state index is 0.551. The standard InChI is InChI=1S/C14H21N3O2/c1-2-17-13(6-8-16-17)11-15-7-4-9-18-12-14-5-3-10-19-14/h3,5-6,8,10,15H,2,4,7,9,11-12H2,1H3. The van der Waals surface area contributed by atoms with Crippen LogP contribution in [0.25, 0.3) is 0 Å². The maximum Gasteiger partial charge on any atom is 0.129 e. The van der Waals surface area contributed by atoms with Crippen LogP contribution in [0.1, 0.15) is 24.8 Å². The molecule has 0 aliphatic heterocycles. The molecule has 2 heterocycles. The van der Waals surface area contributed by atoms with Crippen LogP contribution in [-0.2, 0) is 24.4 Å². The summed E-state index contributed by atoms with van der Waals surface area (Å²) in [7, 11) is 0. The zero-order valence-corrected chi connectivity index (χ0v) is 11.3. The lowest BCUT2D eigenvalue weighted by Gasteiger charge is -2.07. The first-order valence-electron chi connectivity index (χ1n) is 6.71. The molecular weight excluding hydrogens is 242 g/mol. The van der Waals surface area contributed by atoms with E-state index in [4.69, 9.17) is 9.15 Å². The van der Waals surface area contributed by atoms with Gasteiger partial charge in [-0.25, -0.2) is 0 Å². The lowest BCUT2D eigenvalue weighted by atomic mass is 10.4. The molecule has 0 fully saturated rings. The highest BCUT2D eigenvalue weighted by Crippen LogP contribution is 2.02. The van der Waals surface area contributed by atoms with Crippen LogP contribution in [-0.4, -0.2) is 22.9 Å². The molecule has 0 aliphatic carbocycles. The summed E-state index contributed by atoms with van der Waals surface area (Å²) in [6, 6.07) is 5.84. The third-order valence-electron chi connectivity index (χ3n) is 2.88. The molecule has 0 unspecified atom stereocenters. The van der Waals surface area contributed by atoms with Crippen molar-refractivity contribution in [1.82, 2.24) is 15.1 Å². The summed E-state index contributed by atoms with van der Waals surface area (Å²) in [6.45, 7) is 6.09. The Morgan fingerprint density at radius 3 is 3.16 bits per heavy atom. The van der Waals surface area contributed by atoms with E-state index in [1.807, 2.05) is 29.1 Å². The van der Waals surface area contributed by atoms with Gasteiger partial charge in [0.25, 0.3) is 0 Å². The van der Waals surface area contributed by atoms with Crippen LogP contribution in [0.4, 0.5) is 0 Å². The Labute approximate surface area is 113 Å². The fourth-order valence-corrected chi connectivity index (χ4v) is 1.88. The van der Waals surface area contributed by atoms with Gasteiger partial charge in [-0.05, 0) is 38.1 Å². The zero-order valence-electron chi connectivity index (χ0n) is 11.3. The highest BCUT2D eigenvalue weighted by molar-refractivity contribution is 4.99. The summed E-state index contributed by atoms with van der Waals surface area (Å²) in [5.41, 5.74) is 1.22. The smallest absolute Gasteiger partial charge is 0.129 e. The summed E-state index contributed by atoms with van der Waals surface area (Å²) < 4.78 is 12.7. The summed E-state index contributed by atoms with van der Waals surface area (Å²) in [5.74, 6) is 0.875. The van der Waals surface area contributed by atoms with Crippen LogP contribution in [0.5, 0.6) is 0 Å². The number of ether oxygens (including phenoxy) is 1. The lowest BCUT2D eigenvalue weighted by molar-refractivity contribution is 0.104. The van der Waals surface area contributed by atoms with E-state index in [2.05, 4.69) is 17.3 Å². The van der Waals surface area contributed by atoms with Crippen molar-refractivity contribution in [3.63, 3.8) is 0 Å². The second-order valence-electron chi connectivity index (χ2n) is 4.30. The van der Waals surface area contributed by atoms with Gasteiger partial charge >= 0.3 is 0 Å². The molecule has 0 spiro atoms. The first-order chi connectivity index (χ1) is 9.40. The molecule has 0 saturated carbocycles. The van der Waals surface area contributed by atoms with Gasteiger partial charge in [-0.15, -0.1) is 0 Å². The summed E-state index contributed by atoms with van der Waals surface area (Å²) in [6.07, 6.45) is 4.49. The van der Waals surface area contributed by atoms with Gasteiger partial charge in [0.1, 0.15) is 12.4 Å². The first kappa shape index (κ1) is 13.8. The SMILES string of the molecule is CCn1nccc1CNCCCOCc1ccco1. The van der Waals surface area contributed by atoms with E-state index in [9.17, 15) is 0 Å².